The SMILES string of the molecule is CCCC(C)(Cl)C(C)CC(C)(C)C. The van der Waals surface area contributed by atoms with Crippen LogP contribution < -0.4 is 0 Å². The molecule has 0 rings (SSSR count). The summed E-state index contributed by atoms with van der Waals surface area (Å²) in [5.74, 6) is 0.592. The van der Waals surface area contributed by atoms with Gasteiger partial charge in [-0.15, -0.1) is 11.6 Å². The van der Waals surface area contributed by atoms with E-state index in [1.54, 1.807) is 0 Å². The van der Waals surface area contributed by atoms with E-state index in [4.69, 9.17) is 11.6 Å². The van der Waals surface area contributed by atoms with E-state index in [-0.39, 0.29) is 4.87 Å². The van der Waals surface area contributed by atoms with Crippen LogP contribution in [0.4, 0.5) is 0 Å². The summed E-state index contributed by atoms with van der Waals surface area (Å²) >= 11 is 6.49. The highest BCUT2D eigenvalue weighted by Gasteiger charge is 2.30. The quantitative estimate of drug-likeness (QED) is 0.574. The van der Waals surface area contributed by atoms with Gasteiger partial charge >= 0.3 is 0 Å². The maximum atomic E-state index is 6.49. The first-order valence-corrected chi connectivity index (χ1v) is 5.76. The van der Waals surface area contributed by atoms with Crippen molar-refractivity contribution < 1.29 is 0 Å². The number of alkyl halides is 1. The lowest BCUT2D eigenvalue weighted by atomic mass is 9.78. The van der Waals surface area contributed by atoms with Gasteiger partial charge in [-0.3, -0.25) is 0 Å². The van der Waals surface area contributed by atoms with Crippen molar-refractivity contribution in [2.45, 2.75) is 65.7 Å². The normalized spacial score (nSPS) is 19.6. The van der Waals surface area contributed by atoms with Gasteiger partial charge < -0.3 is 0 Å². The van der Waals surface area contributed by atoms with Gasteiger partial charge in [-0.2, -0.15) is 0 Å². The van der Waals surface area contributed by atoms with Crippen LogP contribution in [0.1, 0.15) is 60.8 Å². The van der Waals surface area contributed by atoms with E-state index in [9.17, 15) is 0 Å². The highest BCUT2D eigenvalue weighted by atomic mass is 35.5. The highest BCUT2D eigenvalue weighted by Crippen LogP contribution is 2.37. The van der Waals surface area contributed by atoms with E-state index in [1.165, 1.54) is 12.8 Å². The van der Waals surface area contributed by atoms with Crippen LogP contribution in [-0.2, 0) is 0 Å². The van der Waals surface area contributed by atoms with Crippen molar-refractivity contribution in [1.29, 1.82) is 0 Å². The van der Waals surface area contributed by atoms with Crippen molar-refractivity contribution in [2.75, 3.05) is 0 Å². The van der Waals surface area contributed by atoms with Crippen LogP contribution in [-0.4, -0.2) is 4.87 Å². The molecule has 0 spiro atoms. The second-order valence-electron chi connectivity index (χ2n) is 5.69. The fourth-order valence-electron chi connectivity index (χ4n) is 1.87. The van der Waals surface area contributed by atoms with E-state index < -0.39 is 0 Å². The molecule has 0 fully saturated rings. The molecule has 0 N–H and O–H groups in total. The Hall–Kier alpha value is 0.290. The van der Waals surface area contributed by atoms with Gasteiger partial charge in [0.2, 0.25) is 0 Å². The molecule has 0 aliphatic heterocycles. The molecule has 2 atom stereocenters. The smallest absolute Gasteiger partial charge is 0.0444 e. The summed E-state index contributed by atoms with van der Waals surface area (Å²) < 4.78 is 0. The molecule has 0 saturated heterocycles. The first-order chi connectivity index (χ1) is 5.69. The van der Waals surface area contributed by atoms with Gasteiger partial charge in [-0.05, 0) is 31.1 Å². The lowest BCUT2D eigenvalue weighted by Gasteiger charge is -2.33. The van der Waals surface area contributed by atoms with Crippen molar-refractivity contribution in [1.82, 2.24) is 0 Å². The van der Waals surface area contributed by atoms with Crippen LogP contribution in [0.5, 0.6) is 0 Å². The van der Waals surface area contributed by atoms with E-state index in [2.05, 4.69) is 41.5 Å². The number of hydrogen-bond donors (Lipinski definition) is 0. The first-order valence-electron chi connectivity index (χ1n) is 5.38. The summed E-state index contributed by atoms with van der Waals surface area (Å²) in [5, 5.41) is 0. The van der Waals surface area contributed by atoms with Crippen molar-refractivity contribution in [3.63, 3.8) is 0 Å². The van der Waals surface area contributed by atoms with E-state index in [0.717, 1.165) is 6.42 Å². The molecule has 0 bridgehead atoms. The fraction of sp³-hybridized carbons (Fsp3) is 1.00. The Bertz CT molecular complexity index is 142. The standard InChI is InChI=1S/C12H25Cl/c1-7-8-12(6,13)10(2)9-11(3,4)5/h10H,7-9H2,1-6H3. The summed E-state index contributed by atoms with van der Waals surface area (Å²) in [6.45, 7) is 13.5. The second kappa shape index (κ2) is 4.68. The Morgan fingerprint density at radius 2 is 1.62 bits per heavy atom. The molecule has 2 unspecified atom stereocenters. The highest BCUT2D eigenvalue weighted by molar-refractivity contribution is 6.23. The second-order valence-corrected chi connectivity index (χ2v) is 6.56. The first kappa shape index (κ1) is 13.3. The predicted molar refractivity (Wildman–Crippen MR) is 62.4 cm³/mol. The van der Waals surface area contributed by atoms with Gasteiger partial charge in [-0.1, -0.05) is 41.0 Å². The Kier molecular flexibility index (Phi) is 4.79. The van der Waals surface area contributed by atoms with Crippen LogP contribution in [0.25, 0.3) is 0 Å². The Morgan fingerprint density at radius 3 is 1.92 bits per heavy atom. The van der Waals surface area contributed by atoms with Crippen LogP contribution in [0.3, 0.4) is 0 Å². The van der Waals surface area contributed by atoms with Crippen LogP contribution in [0.2, 0.25) is 0 Å². The van der Waals surface area contributed by atoms with E-state index in [0.29, 0.717) is 11.3 Å². The average molecular weight is 205 g/mol. The molecule has 0 aromatic carbocycles. The topological polar surface area (TPSA) is 0 Å². The van der Waals surface area contributed by atoms with E-state index in [1.807, 2.05) is 0 Å². The minimum absolute atomic E-state index is 0.0119. The summed E-state index contributed by atoms with van der Waals surface area (Å²) in [5.41, 5.74) is 0.392. The number of hydrogen-bond acceptors (Lipinski definition) is 0. The Morgan fingerprint density at radius 1 is 1.15 bits per heavy atom. The van der Waals surface area contributed by atoms with Gasteiger partial charge in [0.15, 0.2) is 0 Å². The van der Waals surface area contributed by atoms with Crippen molar-refractivity contribution in [3.8, 4) is 0 Å². The monoisotopic (exact) mass is 204 g/mol. The maximum Gasteiger partial charge on any atom is 0.0444 e. The minimum atomic E-state index is -0.0119. The molecule has 0 saturated carbocycles. The van der Waals surface area contributed by atoms with Crippen molar-refractivity contribution in [2.24, 2.45) is 11.3 Å². The Balaban J connectivity index is 4.16. The number of halogens is 1. The molecule has 0 heterocycles. The fourth-order valence-corrected chi connectivity index (χ4v) is 2.13. The third kappa shape index (κ3) is 5.57. The van der Waals surface area contributed by atoms with E-state index >= 15 is 0 Å². The lowest BCUT2D eigenvalue weighted by Crippen LogP contribution is -2.29. The third-order valence-electron chi connectivity index (χ3n) is 2.68. The predicted octanol–water partition coefficient (Wildman–Crippen LogP) is 4.86. The third-order valence-corrected chi connectivity index (χ3v) is 3.25. The molecule has 0 amide bonds. The molecule has 1 heteroatoms. The molecule has 0 nitrogen and oxygen atoms in total. The summed E-state index contributed by atoms with van der Waals surface area (Å²) in [6, 6.07) is 0. The summed E-state index contributed by atoms with van der Waals surface area (Å²) in [4.78, 5) is -0.0119. The largest absolute Gasteiger partial charge is 0.119 e. The van der Waals surface area contributed by atoms with Crippen molar-refractivity contribution in [3.05, 3.63) is 0 Å². The number of rotatable bonds is 4. The van der Waals surface area contributed by atoms with Gasteiger partial charge in [0.25, 0.3) is 0 Å². The minimum Gasteiger partial charge on any atom is -0.119 e. The van der Waals surface area contributed by atoms with Gasteiger partial charge in [-0.25, -0.2) is 0 Å². The average Bonchev–Trinajstić information content (AvgIpc) is 1.82. The van der Waals surface area contributed by atoms with Gasteiger partial charge in [0.05, 0.1) is 0 Å². The lowest BCUT2D eigenvalue weighted by molar-refractivity contribution is 0.256. The summed E-state index contributed by atoms with van der Waals surface area (Å²) in [7, 11) is 0. The van der Waals surface area contributed by atoms with Crippen molar-refractivity contribution >= 4 is 11.6 Å². The zero-order valence-electron chi connectivity index (χ0n) is 10.1. The molecule has 0 aliphatic rings. The summed E-state index contributed by atoms with van der Waals surface area (Å²) in [6.07, 6.45) is 3.49. The zero-order valence-corrected chi connectivity index (χ0v) is 10.8. The molecule has 80 valence electrons. The molecule has 13 heavy (non-hydrogen) atoms. The molecule has 0 radical (unpaired) electrons. The van der Waals surface area contributed by atoms with Crippen LogP contribution in [0, 0.1) is 11.3 Å². The zero-order chi connectivity index (χ0) is 10.7. The van der Waals surface area contributed by atoms with Crippen LogP contribution in [0.15, 0.2) is 0 Å². The molecule has 0 aromatic heterocycles. The molecule has 0 aromatic rings. The van der Waals surface area contributed by atoms with Gasteiger partial charge in [0.1, 0.15) is 0 Å². The van der Waals surface area contributed by atoms with Crippen LogP contribution >= 0.6 is 11.6 Å². The molecular formula is C12H25Cl. The molecule has 0 aliphatic carbocycles. The maximum absolute atomic E-state index is 6.49. The van der Waals surface area contributed by atoms with Gasteiger partial charge in [0, 0.05) is 4.87 Å². The Labute approximate surface area is 89.1 Å². The molecular weight excluding hydrogens is 180 g/mol.